The molecule has 0 N–H and O–H groups in total. The number of halogens is 1. The molecule has 3 aliphatic heterocycles. The molecule has 0 unspecified atom stereocenters. The van der Waals surface area contributed by atoms with Crippen molar-refractivity contribution in [3.63, 3.8) is 0 Å². The van der Waals surface area contributed by atoms with Gasteiger partial charge in [0.25, 0.3) is 0 Å². The quantitative estimate of drug-likeness (QED) is 0.658. The van der Waals surface area contributed by atoms with E-state index in [1.54, 1.807) is 17.0 Å². The van der Waals surface area contributed by atoms with Crippen LogP contribution in [0.15, 0.2) is 48.5 Å². The number of amides is 3. The van der Waals surface area contributed by atoms with Gasteiger partial charge in [0.2, 0.25) is 17.7 Å². The van der Waals surface area contributed by atoms with Crippen LogP contribution in [0.3, 0.4) is 0 Å². The van der Waals surface area contributed by atoms with Crippen molar-refractivity contribution in [3.8, 4) is 0 Å². The summed E-state index contributed by atoms with van der Waals surface area (Å²) in [5, 5.41) is 0. The van der Waals surface area contributed by atoms with E-state index in [0.717, 1.165) is 11.3 Å². The molecule has 0 aliphatic carbocycles. The van der Waals surface area contributed by atoms with Gasteiger partial charge in [-0.25, -0.2) is 4.39 Å². The SMILES string of the molecule is Cc1ccc(N2C[C@@H](C(=O)N3CCC(C(=O)N4CCN(c5ccccc5F)CC4)CC3)CC2=O)cc1. The Morgan fingerprint density at radius 3 is 2.08 bits per heavy atom. The second-order valence-corrected chi connectivity index (χ2v) is 10.1. The molecule has 0 saturated carbocycles. The summed E-state index contributed by atoms with van der Waals surface area (Å²) in [6.45, 7) is 5.86. The number of hydrogen-bond acceptors (Lipinski definition) is 4. The number of carbonyl (C=O) groups excluding carboxylic acids is 3. The average molecular weight is 493 g/mol. The van der Waals surface area contributed by atoms with E-state index >= 15 is 0 Å². The van der Waals surface area contributed by atoms with Crippen molar-refractivity contribution in [2.75, 3.05) is 55.6 Å². The number of rotatable bonds is 4. The zero-order chi connectivity index (χ0) is 25.2. The van der Waals surface area contributed by atoms with Gasteiger partial charge in [0, 0.05) is 63.8 Å². The molecule has 5 rings (SSSR count). The predicted octanol–water partition coefficient (Wildman–Crippen LogP) is 3.07. The van der Waals surface area contributed by atoms with Crippen molar-refractivity contribution in [2.24, 2.45) is 11.8 Å². The number of hydrogen-bond donors (Lipinski definition) is 0. The number of benzene rings is 2. The summed E-state index contributed by atoms with van der Waals surface area (Å²) in [5.41, 5.74) is 2.55. The Bertz CT molecular complexity index is 1120. The fourth-order valence-corrected chi connectivity index (χ4v) is 5.59. The first-order valence-corrected chi connectivity index (χ1v) is 12.8. The molecule has 1 atom stereocenters. The van der Waals surface area contributed by atoms with Crippen molar-refractivity contribution < 1.29 is 18.8 Å². The molecule has 3 heterocycles. The molecule has 7 nitrogen and oxygen atoms in total. The molecule has 3 fully saturated rings. The van der Waals surface area contributed by atoms with E-state index in [1.807, 2.05) is 52.0 Å². The van der Waals surface area contributed by atoms with Crippen LogP contribution >= 0.6 is 0 Å². The predicted molar refractivity (Wildman–Crippen MR) is 136 cm³/mol. The van der Waals surface area contributed by atoms with Crippen LogP contribution in [0.5, 0.6) is 0 Å². The van der Waals surface area contributed by atoms with Gasteiger partial charge >= 0.3 is 0 Å². The van der Waals surface area contributed by atoms with Crippen LogP contribution in [-0.2, 0) is 14.4 Å². The number of piperidine rings is 1. The molecule has 0 spiro atoms. The third kappa shape index (κ3) is 4.94. The van der Waals surface area contributed by atoms with Crippen LogP contribution in [0, 0.1) is 24.6 Å². The molecule has 2 aromatic carbocycles. The van der Waals surface area contributed by atoms with Crippen LogP contribution < -0.4 is 9.80 Å². The molecule has 0 bridgehead atoms. The Morgan fingerprint density at radius 1 is 0.806 bits per heavy atom. The summed E-state index contributed by atoms with van der Waals surface area (Å²) in [6.07, 6.45) is 1.51. The molecule has 3 aliphatic rings. The zero-order valence-electron chi connectivity index (χ0n) is 20.7. The van der Waals surface area contributed by atoms with Gasteiger partial charge in [0.05, 0.1) is 11.6 Å². The van der Waals surface area contributed by atoms with Gasteiger partial charge in [0.15, 0.2) is 0 Å². The number of nitrogens with zero attached hydrogens (tertiary/aromatic N) is 4. The molecular weight excluding hydrogens is 459 g/mol. The summed E-state index contributed by atoms with van der Waals surface area (Å²) in [7, 11) is 0. The highest BCUT2D eigenvalue weighted by molar-refractivity contribution is 6.00. The molecule has 0 radical (unpaired) electrons. The first-order valence-electron chi connectivity index (χ1n) is 12.8. The minimum Gasteiger partial charge on any atom is -0.366 e. The van der Waals surface area contributed by atoms with E-state index in [9.17, 15) is 18.8 Å². The summed E-state index contributed by atoms with van der Waals surface area (Å²) in [6, 6.07) is 14.5. The topological polar surface area (TPSA) is 64.2 Å². The summed E-state index contributed by atoms with van der Waals surface area (Å²) in [5.74, 6) is -0.530. The number of anilines is 2. The first kappa shape index (κ1) is 24.3. The summed E-state index contributed by atoms with van der Waals surface area (Å²) in [4.78, 5) is 46.3. The normalized spacial score (nSPS) is 21.3. The van der Waals surface area contributed by atoms with Gasteiger partial charge in [-0.2, -0.15) is 0 Å². The second kappa shape index (κ2) is 10.3. The van der Waals surface area contributed by atoms with Crippen LogP contribution in [0.2, 0.25) is 0 Å². The smallest absolute Gasteiger partial charge is 0.228 e. The lowest BCUT2D eigenvalue weighted by atomic mass is 9.93. The number of carbonyl (C=O) groups is 3. The van der Waals surface area contributed by atoms with Crippen LogP contribution in [0.1, 0.15) is 24.8 Å². The number of piperazine rings is 1. The molecule has 3 saturated heterocycles. The molecular formula is C28H33FN4O3. The summed E-state index contributed by atoms with van der Waals surface area (Å²) >= 11 is 0. The number of para-hydroxylation sites is 1. The van der Waals surface area contributed by atoms with Gasteiger partial charge in [-0.15, -0.1) is 0 Å². The Morgan fingerprint density at radius 2 is 1.42 bits per heavy atom. The lowest BCUT2D eigenvalue weighted by molar-refractivity contribution is -0.142. The number of aryl methyl sites for hydroxylation is 1. The van der Waals surface area contributed by atoms with E-state index < -0.39 is 0 Å². The average Bonchev–Trinajstić information content (AvgIpc) is 3.30. The Labute approximate surface area is 211 Å². The first-order chi connectivity index (χ1) is 17.4. The van der Waals surface area contributed by atoms with Crippen LogP contribution in [0.25, 0.3) is 0 Å². The van der Waals surface area contributed by atoms with Gasteiger partial charge in [-0.3, -0.25) is 14.4 Å². The van der Waals surface area contributed by atoms with Crippen molar-refractivity contribution in [2.45, 2.75) is 26.2 Å². The maximum Gasteiger partial charge on any atom is 0.228 e. The van der Waals surface area contributed by atoms with E-state index in [2.05, 4.69) is 0 Å². The van der Waals surface area contributed by atoms with E-state index in [-0.39, 0.29) is 41.8 Å². The van der Waals surface area contributed by atoms with Crippen molar-refractivity contribution >= 4 is 29.1 Å². The molecule has 2 aromatic rings. The Kier molecular flexibility index (Phi) is 6.94. The van der Waals surface area contributed by atoms with E-state index in [0.29, 0.717) is 64.3 Å². The lowest BCUT2D eigenvalue weighted by Crippen LogP contribution is -2.52. The van der Waals surface area contributed by atoms with Crippen molar-refractivity contribution in [3.05, 3.63) is 59.9 Å². The lowest BCUT2D eigenvalue weighted by Gasteiger charge is -2.39. The fraction of sp³-hybridized carbons (Fsp3) is 0.464. The molecule has 36 heavy (non-hydrogen) atoms. The highest BCUT2D eigenvalue weighted by Crippen LogP contribution is 2.29. The zero-order valence-corrected chi connectivity index (χ0v) is 20.7. The maximum atomic E-state index is 14.1. The van der Waals surface area contributed by atoms with Gasteiger partial charge < -0.3 is 19.6 Å². The molecule has 8 heteroatoms. The maximum absolute atomic E-state index is 14.1. The van der Waals surface area contributed by atoms with Crippen molar-refractivity contribution in [1.29, 1.82) is 0 Å². The van der Waals surface area contributed by atoms with E-state index in [4.69, 9.17) is 0 Å². The third-order valence-corrected chi connectivity index (χ3v) is 7.76. The molecule has 0 aromatic heterocycles. The third-order valence-electron chi connectivity index (χ3n) is 7.76. The van der Waals surface area contributed by atoms with Gasteiger partial charge in [-0.05, 0) is 44.0 Å². The molecule has 3 amide bonds. The highest BCUT2D eigenvalue weighted by Gasteiger charge is 2.39. The molecule has 190 valence electrons. The minimum atomic E-state index is -0.336. The summed E-state index contributed by atoms with van der Waals surface area (Å²) < 4.78 is 14.1. The van der Waals surface area contributed by atoms with Gasteiger partial charge in [-0.1, -0.05) is 29.8 Å². The Hall–Kier alpha value is -3.42. The van der Waals surface area contributed by atoms with Gasteiger partial charge in [0.1, 0.15) is 5.82 Å². The Balaban J connectivity index is 1.10. The highest BCUT2D eigenvalue weighted by atomic mass is 19.1. The largest absolute Gasteiger partial charge is 0.366 e. The standard InChI is InChI=1S/C28H33FN4O3/c1-20-6-8-23(9-7-20)33-19-22(18-26(33)34)28(36)31-12-10-21(11-13-31)27(35)32-16-14-30(15-17-32)25-5-3-2-4-24(25)29/h2-9,21-22H,10-19H2,1H3/t22-/m0/s1. The minimum absolute atomic E-state index is 0.0161. The second-order valence-electron chi connectivity index (χ2n) is 10.1. The van der Waals surface area contributed by atoms with E-state index in [1.165, 1.54) is 6.07 Å². The van der Waals surface area contributed by atoms with Crippen molar-refractivity contribution in [1.82, 2.24) is 9.80 Å². The van der Waals surface area contributed by atoms with Crippen LogP contribution in [0.4, 0.5) is 15.8 Å². The number of likely N-dealkylation sites (tertiary alicyclic amines) is 1. The monoisotopic (exact) mass is 492 g/mol. The van der Waals surface area contributed by atoms with Crippen LogP contribution in [-0.4, -0.2) is 73.3 Å². The fourth-order valence-electron chi connectivity index (χ4n) is 5.59.